The van der Waals surface area contributed by atoms with Gasteiger partial charge in [-0.05, 0) is 40.2 Å². The van der Waals surface area contributed by atoms with Crippen LogP contribution in [0.2, 0.25) is 0 Å². The Morgan fingerprint density at radius 1 is 1.29 bits per heavy atom. The molecule has 0 aliphatic rings. The molecule has 0 fully saturated rings. The Kier molecular flexibility index (Phi) is 3.91. The summed E-state index contributed by atoms with van der Waals surface area (Å²) in [6.45, 7) is 0. The number of amides is 1. The van der Waals surface area contributed by atoms with E-state index in [0.29, 0.717) is 0 Å². The highest BCUT2D eigenvalue weighted by Crippen LogP contribution is 2.22. The Hall–Kier alpha value is -1.20. The summed E-state index contributed by atoms with van der Waals surface area (Å²) in [5, 5.41) is 2.55. The Morgan fingerprint density at radius 3 is 2.71 bits per heavy atom. The molecule has 17 heavy (non-hydrogen) atoms. The normalized spacial score (nSPS) is 10.2. The Morgan fingerprint density at radius 2 is 2.06 bits per heavy atom. The van der Waals surface area contributed by atoms with E-state index < -0.39 is 5.82 Å². The Balaban J connectivity index is 2.01. The molecule has 0 saturated carbocycles. The summed E-state index contributed by atoms with van der Waals surface area (Å²) < 4.78 is 14.3. The maximum atomic E-state index is 13.3. The van der Waals surface area contributed by atoms with Crippen LogP contribution in [0, 0.1) is 5.82 Å². The topological polar surface area (TPSA) is 29.1 Å². The number of thiophene rings is 1. The van der Waals surface area contributed by atoms with Crippen molar-refractivity contribution in [3.05, 3.63) is 50.9 Å². The van der Waals surface area contributed by atoms with Gasteiger partial charge in [0.15, 0.2) is 0 Å². The van der Waals surface area contributed by atoms with Crippen LogP contribution < -0.4 is 5.32 Å². The maximum absolute atomic E-state index is 13.3. The molecule has 0 saturated heterocycles. The number of anilines is 1. The van der Waals surface area contributed by atoms with Crippen LogP contribution in [0.25, 0.3) is 0 Å². The van der Waals surface area contributed by atoms with E-state index in [-0.39, 0.29) is 18.0 Å². The van der Waals surface area contributed by atoms with Gasteiger partial charge in [-0.3, -0.25) is 4.79 Å². The molecule has 2 rings (SSSR count). The summed E-state index contributed by atoms with van der Waals surface area (Å²) >= 11 is 4.82. The number of carbonyl (C=O) groups excluding carboxylic acids is 1. The van der Waals surface area contributed by atoms with Crippen LogP contribution in [-0.2, 0) is 11.2 Å². The number of rotatable bonds is 3. The fraction of sp³-hybridized carbons (Fsp3) is 0.0833. The van der Waals surface area contributed by atoms with Crippen molar-refractivity contribution in [3.8, 4) is 0 Å². The smallest absolute Gasteiger partial charge is 0.229 e. The van der Waals surface area contributed by atoms with Crippen molar-refractivity contribution < 1.29 is 9.18 Å². The number of hydrogen-bond donors (Lipinski definition) is 1. The van der Waals surface area contributed by atoms with Gasteiger partial charge in [0.1, 0.15) is 5.82 Å². The minimum absolute atomic E-state index is 0.216. The number of para-hydroxylation sites is 1. The monoisotopic (exact) mass is 313 g/mol. The van der Waals surface area contributed by atoms with E-state index in [1.165, 1.54) is 23.5 Å². The Bertz CT molecular complexity index is 541. The van der Waals surface area contributed by atoms with Gasteiger partial charge in [0.25, 0.3) is 0 Å². The summed E-state index contributed by atoms with van der Waals surface area (Å²) in [6, 6.07) is 9.88. The minimum Gasteiger partial charge on any atom is -0.323 e. The molecular weight excluding hydrogens is 305 g/mol. The standard InChI is InChI=1S/C12H9BrFNOS/c13-11-6-5-8(17-11)7-12(16)15-10-4-2-1-3-9(10)14/h1-6H,7H2,(H,15,16). The number of halogens is 2. The minimum atomic E-state index is -0.423. The molecule has 0 aliphatic heterocycles. The van der Waals surface area contributed by atoms with E-state index in [1.807, 2.05) is 12.1 Å². The summed E-state index contributed by atoms with van der Waals surface area (Å²) in [7, 11) is 0. The van der Waals surface area contributed by atoms with E-state index in [0.717, 1.165) is 8.66 Å². The van der Waals surface area contributed by atoms with E-state index in [4.69, 9.17) is 0 Å². The lowest BCUT2D eigenvalue weighted by atomic mass is 10.3. The zero-order valence-corrected chi connectivity index (χ0v) is 11.1. The number of hydrogen-bond acceptors (Lipinski definition) is 2. The first-order valence-electron chi connectivity index (χ1n) is 4.94. The highest BCUT2D eigenvalue weighted by atomic mass is 79.9. The van der Waals surface area contributed by atoms with Crippen molar-refractivity contribution in [1.82, 2.24) is 0 Å². The molecule has 0 unspecified atom stereocenters. The van der Waals surface area contributed by atoms with Crippen molar-refractivity contribution in [2.24, 2.45) is 0 Å². The molecule has 1 N–H and O–H groups in total. The fourth-order valence-corrected chi connectivity index (χ4v) is 2.84. The molecule has 2 aromatic rings. The molecule has 0 bridgehead atoms. The number of benzene rings is 1. The largest absolute Gasteiger partial charge is 0.323 e. The molecule has 0 radical (unpaired) electrons. The molecule has 0 aliphatic carbocycles. The van der Waals surface area contributed by atoms with Gasteiger partial charge in [-0.15, -0.1) is 11.3 Å². The molecule has 2 nitrogen and oxygen atoms in total. The van der Waals surface area contributed by atoms with Gasteiger partial charge in [0, 0.05) is 4.88 Å². The van der Waals surface area contributed by atoms with Crippen molar-refractivity contribution in [1.29, 1.82) is 0 Å². The molecule has 0 spiro atoms. The lowest BCUT2D eigenvalue weighted by Gasteiger charge is -2.04. The number of nitrogens with one attached hydrogen (secondary N) is 1. The predicted molar refractivity (Wildman–Crippen MR) is 70.8 cm³/mol. The average Bonchev–Trinajstić information content (AvgIpc) is 2.67. The van der Waals surface area contributed by atoms with Gasteiger partial charge < -0.3 is 5.32 Å². The van der Waals surface area contributed by atoms with Crippen molar-refractivity contribution in [3.63, 3.8) is 0 Å². The summed E-state index contributed by atoms with van der Waals surface area (Å²) in [6.07, 6.45) is 0.255. The maximum Gasteiger partial charge on any atom is 0.229 e. The highest BCUT2D eigenvalue weighted by Gasteiger charge is 2.08. The van der Waals surface area contributed by atoms with Crippen molar-refractivity contribution in [2.75, 3.05) is 5.32 Å². The quantitative estimate of drug-likeness (QED) is 0.916. The second-order valence-electron chi connectivity index (χ2n) is 3.41. The van der Waals surface area contributed by atoms with Gasteiger partial charge in [0.2, 0.25) is 5.91 Å². The highest BCUT2D eigenvalue weighted by molar-refractivity contribution is 9.11. The zero-order valence-electron chi connectivity index (χ0n) is 8.74. The van der Waals surface area contributed by atoms with E-state index in [2.05, 4.69) is 21.2 Å². The predicted octanol–water partition coefficient (Wildman–Crippen LogP) is 3.83. The molecule has 1 heterocycles. The van der Waals surface area contributed by atoms with Gasteiger partial charge in [-0.1, -0.05) is 12.1 Å². The number of carbonyl (C=O) groups is 1. The van der Waals surface area contributed by atoms with Crippen LogP contribution in [0.1, 0.15) is 4.88 Å². The van der Waals surface area contributed by atoms with Crippen LogP contribution in [-0.4, -0.2) is 5.91 Å². The van der Waals surface area contributed by atoms with Crippen molar-refractivity contribution >= 4 is 38.9 Å². The zero-order chi connectivity index (χ0) is 12.3. The van der Waals surface area contributed by atoms with Gasteiger partial charge in [0.05, 0.1) is 15.9 Å². The summed E-state index contributed by atoms with van der Waals surface area (Å²) in [5.41, 5.74) is 0.216. The average molecular weight is 314 g/mol. The van der Waals surface area contributed by atoms with E-state index >= 15 is 0 Å². The van der Waals surface area contributed by atoms with E-state index in [9.17, 15) is 9.18 Å². The first kappa shape index (κ1) is 12.3. The first-order chi connectivity index (χ1) is 8.15. The molecule has 1 aromatic heterocycles. The van der Waals surface area contributed by atoms with Gasteiger partial charge in [-0.25, -0.2) is 4.39 Å². The third-order valence-electron chi connectivity index (χ3n) is 2.11. The van der Waals surface area contributed by atoms with Crippen molar-refractivity contribution in [2.45, 2.75) is 6.42 Å². The lowest BCUT2D eigenvalue weighted by molar-refractivity contribution is -0.115. The lowest BCUT2D eigenvalue weighted by Crippen LogP contribution is -2.14. The van der Waals surface area contributed by atoms with Crippen LogP contribution >= 0.6 is 27.3 Å². The third-order valence-corrected chi connectivity index (χ3v) is 3.74. The van der Waals surface area contributed by atoms with Crippen LogP contribution in [0.15, 0.2) is 40.2 Å². The Labute approximate surface area is 111 Å². The summed E-state index contributed by atoms with van der Waals surface area (Å²) in [5.74, 6) is -0.641. The van der Waals surface area contributed by atoms with Gasteiger partial charge >= 0.3 is 0 Å². The van der Waals surface area contributed by atoms with E-state index in [1.54, 1.807) is 12.1 Å². The molecule has 5 heteroatoms. The fourth-order valence-electron chi connectivity index (χ4n) is 1.36. The SMILES string of the molecule is O=C(Cc1ccc(Br)s1)Nc1ccccc1F. The van der Waals surface area contributed by atoms with Crippen LogP contribution in [0.5, 0.6) is 0 Å². The third kappa shape index (κ3) is 3.38. The first-order valence-corrected chi connectivity index (χ1v) is 6.54. The molecule has 1 aromatic carbocycles. The second kappa shape index (κ2) is 5.42. The molecule has 1 amide bonds. The molecule has 88 valence electrons. The molecular formula is C12H9BrFNOS. The van der Waals surface area contributed by atoms with Crippen LogP contribution in [0.4, 0.5) is 10.1 Å². The van der Waals surface area contributed by atoms with Gasteiger partial charge in [-0.2, -0.15) is 0 Å². The second-order valence-corrected chi connectivity index (χ2v) is 5.96. The van der Waals surface area contributed by atoms with Crippen LogP contribution in [0.3, 0.4) is 0 Å². The molecule has 0 atom stereocenters. The summed E-state index contributed by atoms with van der Waals surface area (Å²) in [4.78, 5) is 12.6.